The van der Waals surface area contributed by atoms with Gasteiger partial charge < -0.3 is 20.1 Å². The second-order valence-corrected chi connectivity index (χ2v) is 5.57. The lowest BCUT2D eigenvalue weighted by Crippen LogP contribution is -2.39. The summed E-state index contributed by atoms with van der Waals surface area (Å²) >= 11 is 0. The summed E-state index contributed by atoms with van der Waals surface area (Å²) in [7, 11) is 1.67. The number of hydrogen-bond acceptors (Lipinski definition) is 3. The van der Waals surface area contributed by atoms with Gasteiger partial charge in [0.1, 0.15) is 0 Å². The van der Waals surface area contributed by atoms with E-state index in [4.69, 9.17) is 9.47 Å². The molecule has 1 rings (SSSR count). The molecule has 0 spiro atoms. The van der Waals surface area contributed by atoms with E-state index in [2.05, 4.69) is 60.7 Å². The highest BCUT2D eigenvalue weighted by atomic mass is 127. The SMILES string of the molecule is CCNC(=NCC(C)c1cccc(C)c1)NCCOCCOC.I. The van der Waals surface area contributed by atoms with Crippen LogP contribution in [0, 0.1) is 6.92 Å². The van der Waals surface area contributed by atoms with E-state index in [-0.39, 0.29) is 24.0 Å². The number of hydrogen-bond donors (Lipinski definition) is 2. The Hall–Kier alpha value is -0.860. The van der Waals surface area contributed by atoms with E-state index in [0.717, 1.165) is 25.6 Å². The van der Waals surface area contributed by atoms with E-state index < -0.39 is 0 Å². The van der Waals surface area contributed by atoms with Crippen molar-refractivity contribution in [3.63, 3.8) is 0 Å². The summed E-state index contributed by atoms with van der Waals surface area (Å²) in [6.07, 6.45) is 0. The van der Waals surface area contributed by atoms with Gasteiger partial charge in [-0.25, -0.2) is 0 Å². The van der Waals surface area contributed by atoms with Gasteiger partial charge in [0.15, 0.2) is 5.96 Å². The smallest absolute Gasteiger partial charge is 0.191 e. The third-order valence-electron chi connectivity index (χ3n) is 3.45. The molecule has 24 heavy (non-hydrogen) atoms. The number of nitrogens with one attached hydrogen (secondary N) is 2. The first-order valence-electron chi connectivity index (χ1n) is 8.32. The van der Waals surface area contributed by atoms with E-state index in [1.165, 1.54) is 11.1 Å². The third kappa shape index (κ3) is 10.1. The first kappa shape index (κ1) is 23.1. The van der Waals surface area contributed by atoms with Gasteiger partial charge in [-0.05, 0) is 19.4 Å². The van der Waals surface area contributed by atoms with Crippen molar-refractivity contribution in [2.75, 3.05) is 46.6 Å². The minimum Gasteiger partial charge on any atom is -0.382 e. The molecular formula is C18H32IN3O2. The number of benzene rings is 1. The minimum absolute atomic E-state index is 0. The van der Waals surface area contributed by atoms with Gasteiger partial charge in [-0.2, -0.15) is 0 Å². The van der Waals surface area contributed by atoms with Gasteiger partial charge in [0.2, 0.25) is 0 Å². The van der Waals surface area contributed by atoms with Gasteiger partial charge in [0.05, 0.1) is 19.8 Å². The molecule has 0 aromatic heterocycles. The summed E-state index contributed by atoms with van der Waals surface area (Å²) in [4.78, 5) is 4.67. The fourth-order valence-electron chi connectivity index (χ4n) is 2.14. The van der Waals surface area contributed by atoms with E-state index in [9.17, 15) is 0 Å². The van der Waals surface area contributed by atoms with Crippen LogP contribution in [0.3, 0.4) is 0 Å². The highest BCUT2D eigenvalue weighted by Crippen LogP contribution is 2.16. The van der Waals surface area contributed by atoms with Crippen molar-refractivity contribution in [1.29, 1.82) is 0 Å². The Morgan fingerprint density at radius 3 is 2.67 bits per heavy atom. The minimum atomic E-state index is 0. The molecule has 0 saturated heterocycles. The summed E-state index contributed by atoms with van der Waals surface area (Å²) < 4.78 is 10.4. The Morgan fingerprint density at radius 2 is 2.00 bits per heavy atom. The lowest BCUT2D eigenvalue weighted by Gasteiger charge is -2.14. The van der Waals surface area contributed by atoms with Crippen LogP contribution in [-0.4, -0.2) is 52.5 Å². The lowest BCUT2D eigenvalue weighted by molar-refractivity contribution is 0.0733. The molecule has 1 unspecified atom stereocenters. The molecular weight excluding hydrogens is 417 g/mol. The largest absolute Gasteiger partial charge is 0.382 e. The van der Waals surface area contributed by atoms with Crippen LogP contribution in [0.25, 0.3) is 0 Å². The molecule has 0 aliphatic carbocycles. The van der Waals surface area contributed by atoms with Crippen LogP contribution >= 0.6 is 24.0 Å². The summed E-state index contributed by atoms with van der Waals surface area (Å²) in [5.74, 6) is 1.23. The van der Waals surface area contributed by atoms with E-state index >= 15 is 0 Å². The molecule has 2 N–H and O–H groups in total. The molecule has 138 valence electrons. The van der Waals surface area contributed by atoms with Crippen molar-refractivity contribution in [3.8, 4) is 0 Å². The molecule has 0 heterocycles. The van der Waals surface area contributed by atoms with Crippen LogP contribution in [0.15, 0.2) is 29.3 Å². The van der Waals surface area contributed by atoms with Gasteiger partial charge in [0.25, 0.3) is 0 Å². The number of guanidine groups is 1. The molecule has 0 fully saturated rings. The summed E-state index contributed by atoms with van der Waals surface area (Å²) in [6, 6.07) is 8.61. The second-order valence-electron chi connectivity index (χ2n) is 5.57. The van der Waals surface area contributed by atoms with Crippen LogP contribution in [0.1, 0.15) is 30.9 Å². The fraction of sp³-hybridized carbons (Fsp3) is 0.611. The summed E-state index contributed by atoms with van der Waals surface area (Å²) in [5, 5.41) is 6.55. The number of methoxy groups -OCH3 is 1. The van der Waals surface area contributed by atoms with Crippen molar-refractivity contribution < 1.29 is 9.47 Å². The molecule has 0 aliphatic heterocycles. The standard InChI is InChI=1S/C18H31N3O2.HI/c1-5-19-18(20-9-10-23-12-11-22-4)21-14-16(3)17-8-6-7-15(2)13-17;/h6-8,13,16H,5,9-12,14H2,1-4H3,(H2,19,20,21);1H. The Balaban J connectivity index is 0.00000529. The Kier molecular flexibility index (Phi) is 14.0. The normalized spacial score (nSPS) is 12.4. The highest BCUT2D eigenvalue weighted by molar-refractivity contribution is 14.0. The number of rotatable bonds is 10. The van der Waals surface area contributed by atoms with Crippen molar-refractivity contribution in [3.05, 3.63) is 35.4 Å². The topological polar surface area (TPSA) is 54.9 Å². The zero-order valence-electron chi connectivity index (χ0n) is 15.3. The van der Waals surface area contributed by atoms with Crippen LogP contribution in [0.5, 0.6) is 0 Å². The number of ether oxygens (including phenoxy) is 2. The maximum absolute atomic E-state index is 5.44. The maximum Gasteiger partial charge on any atom is 0.191 e. The molecule has 1 aromatic rings. The zero-order chi connectivity index (χ0) is 16.9. The Bertz CT molecular complexity index is 469. The van der Waals surface area contributed by atoms with Gasteiger partial charge >= 0.3 is 0 Å². The van der Waals surface area contributed by atoms with Gasteiger partial charge in [-0.3, -0.25) is 4.99 Å². The Morgan fingerprint density at radius 1 is 1.21 bits per heavy atom. The monoisotopic (exact) mass is 449 g/mol. The zero-order valence-corrected chi connectivity index (χ0v) is 17.6. The number of aliphatic imine (C=N–C) groups is 1. The number of aryl methyl sites for hydroxylation is 1. The quantitative estimate of drug-likeness (QED) is 0.250. The van der Waals surface area contributed by atoms with Crippen molar-refractivity contribution in [2.45, 2.75) is 26.7 Å². The molecule has 6 heteroatoms. The van der Waals surface area contributed by atoms with Gasteiger partial charge in [0, 0.05) is 32.7 Å². The molecule has 5 nitrogen and oxygen atoms in total. The first-order chi connectivity index (χ1) is 11.2. The lowest BCUT2D eigenvalue weighted by atomic mass is 10.00. The van der Waals surface area contributed by atoms with Crippen LogP contribution in [-0.2, 0) is 9.47 Å². The van der Waals surface area contributed by atoms with Crippen molar-refractivity contribution in [2.24, 2.45) is 4.99 Å². The average Bonchev–Trinajstić information content (AvgIpc) is 2.55. The van der Waals surface area contributed by atoms with Gasteiger partial charge in [-0.15, -0.1) is 24.0 Å². The van der Waals surface area contributed by atoms with Crippen LogP contribution in [0.4, 0.5) is 0 Å². The van der Waals surface area contributed by atoms with E-state index in [1.807, 2.05) is 0 Å². The average molecular weight is 449 g/mol. The fourth-order valence-corrected chi connectivity index (χ4v) is 2.14. The molecule has 0 saturated carbocycles. The maximum atomic E-state index is 5.44. The molecule has 1 aromatic carbocycles. The van der Waals surface area contributed by atoms with Crippen molar-refractivity contribution in [1.82, 2.24) is 10.6 Å². The number of halogens is 1. The molecule has 0 bridgehead atoms. The third-order valence-corrected chi connectivity index (χ3v) is 3.45. The van der Waals surface area contributed by atoms with Crippen LogP contribution < -0.4 is 10.6 Å². The van der Waals surface area contributed by atoms with Crippen molar-refractivity contribution >= 4 is 29.9 Å². The predicted octanol–water partition coefficient (Wildman–Crippen LogP) is 2.93. The highest BCUT2D eigenvalue weighted by Gasteiger charge is 2.05. The predicted molar refractivity (Wildman–Crippen MR) is 112 cm³/mol. The Labute approximate surface area is 163 Å². The summed E-state index contributed by atoms with van der Waals surface area (Å²) in [5.41, 5.74) is 2.61. The van der Waals surface area contributed by atoms with Gasteiger partial charge in [-0.1, -0.05) is 36.8 Å². The van der Waals surface area contributed by atoms with Crippen LogP contribution in [0.2, 0.25) is 0 Å². The summed E-state index contributed by atoms with van der Waals surface area (Å²) in [6.45, 7) is 10.6. The molecule has 1 atom stereocenters. The second kappa shape index (κ2) is 14.5. The number of nitrogens with zero attached hydrogens (tertiary/aromatic N) is 1. The van der Waals surface area contributed by atoms with E-state index in [1.54, 1.807) is 7.11 Å². The molecule has 0 radical (unpaired) electrons. The molecule has 0 aliphatic rings. The molecule has 0 amide bonds. The first-order valence-corrected chi connectivity index (χ1v) is 8.32. The van der Waals surface area contributed by atoms with E-state index in [0.29, 0.717) is 25.7 Å².